The molecule has 0 aliphatic heterocycles. The van der Waals surface area contributed by atoms with Crippen LogP contribution >= 0.6 is 0 Å². The molecule has 5 nitrogen and oxygen atoms in total. The van der Waals surface area contributed by atoms with Crippen LogP contribution in [0.5, 0.6) is 0 Å². The van der Waals surface area contributed by atoms with Crippen molar-refractivity contribution < 1.29 is 4.42 Å². The number of nitrogens with two attached hydrogens (primary N) is 1. The second-order valence-electron chi connectivity index (χ2n) is 4.04. The first-order valence-corrected chi connectivity index (χ1v) is 5.98. The van der Waals surface area contributed by atoms with Crippen molar-refractivity contribution in [3.05, 3.63) is 48.0 Å². The molecule has 0 bridgehead atoms. The van der Waals surface area contributed by atoms with E-state index in [2.05, 4.69) is 22.2 Å². The maximum Gasteiger partial charge on any atom is 0.144 e. The van der Waals surface area contributed by atoms with Crippen molar-refractivity contribution in [1.29, 1.82) is 0 Å². The third-order valence-electron chi connectivity index (χ3n) is 2.83. The van der Waals surface area contributed by atoms with Crippen LogP contribution in [-0.4, -0.2) is 16.4 Å². The van der Waals surface area contributed by atoms with E-state index in [1.807, 2.05) is 24.3 Å². The van der Waals surface area contributed by atoms with Crippen LogP contribution in [0.2, 0.25) is 0 Å². The van der Waals surface area contributed by atoms with Gasteiger partial charge in [0.1, 0.15) is 11.6 Å². The molecule has 0 fully saturated rings. The van der Waals surface area contributed by atoms with Crippen molar-refractivity contribution in [2.24, 2.45) is 5.84 Å². The Bertz CT molecular complexity index is 470. The van der Waals surface area contributed by atoms with Crippen LogP contribution in [0.3, 0.4) is 0 Å². The first-order valence-electron chi connectivity index (χ1n) is 5.98. The van der Waals surface area contributed by atoms with E-state index in [-0.39, 0.29) is 0 Å². The van der Waals surface area contributed by atoms with Gasteiger partial charge in [0.05, 0.1) is 12.8 Å². The Balaban J connectivity index is 2.05. The fourth-order valence-corrected chi connectivity index (χ4v) is 1.84. The van der Waals surface area contributed by atoms with Gasteiger partial charge in [0.2, 0.25) is 0 Å². The van der Waals surface area contributed by atoms with Crippen LogP contribution < -0.4 is 11.3 Å². The molecule has 0 aromatic carbocycles. The van der Waals surface area contributed by atoms with Crippen molar-refractivity contribution in [3.63, 3.8) is 0 Å². The molecule has 3 N–H and O–H groups in total. The van der Waals surface area contributed by atoms with Crippen molar-refractivity contribution in [2.75, 3.05) is 12.0 Å². The highest BCUT2D eigenvalue weighted by molar-refractivity contribution is 5.42. The molecule has 0 amide bonds. The van der Waals surface area contributed by atoms with Gasteiger partial charge >= 0.3 is 0 Å². The Morgan fingerprint density at radius 1 is 1.33 bits per heavy atom. The first-order chi connectivity index (χ1) is 8.83. The number of anilines is 1. The highest BCUT2D eigenvalue weighted by atomic mass is 16.3. The quantitative estimate of drug-likeness (QED) is 0.602. The Kier molecular flexibility index (Phi) is 4.33. The summed E-state index contributed by atoms with van der Waals surface area (Å²) in [5, 5.41) is 0. The summed E-state index contributed by atoms with van der Waals surface area (Å²) in [6.45, 7) is 4.61. The maximum absolute atomic E-state index is 5.45. The third kappa shape index (κ3) is 3.09. The van der Waals surface area contributed by atoms with Crippen molar-refractivity contribution in [3.8, 4) is 0 Å². The number of nitrogens with one attached hydrogen (secondary N) is 1. The summed E-state index contributed by atoms with van der Waals surface area (Å²) in [4.78, 5) is 6.46. The number of nitrogen functional groups attached to an aromatic ring is 1. The zero-order valence-corrected chi connectivity index (χ0v) is 10.5. The SMILES string of the molecule is CCN(Cc1ccco1)Cc1cccnc1NN. The highest BCUT2D eigenvalue weighted by Gasteiger charge is 2.09. The Hall–Kier alpha value is -1.85. The molecule has 0 spiro atoms. The van der Waals surface area contributed by atoms with Gasteiger partial charge in [-0.2, -0.15) is 0 Å². The van der Waals surface area contributed by atoms with Crippen LogP contribution in [0, 0.1) is 0 Å². The smallest absolute Gasteiger partial charge is 0.144 e. The Morgan fingerprint density at radius 2 is 2.22 bits per heavy atom. The van der Waals surface area contributed by atoms with Crippen LogP contribution in [0.4, 0.5) is 5.82 Å². The molecule has 0 aliphatic rings. The van der Waals surface area contributed by atoms with Gasteiger partial charge in [0.15, 0.2) is 0 Å². The van der Waals surface area contributed by atoms with E-state index in [0.29, 0.717) is 0 Å². The fourth-order valence-electron chi connectivity index (χ4n) is 1.84. The summed E-state index contributed by atoms with van der Waals surface area (Å²) in [5.41, 5.74) is 3.70. The molecule has 0 atom stereocenters. The number of pyridine rings is 1. The molecule has 0 saturated carbocycles. The largest absolute Gasteiger partial charge is 0.468 e. The van der Waals surface area contributed by atoms with E-state index in [9.17, 15) is 0 Å². The summed E-state index contributed by atoms with van der Waals surface area (Å²) in [6, 6.07) is 7.82. The molecule has 2 rings (SSSR count). The van der Waals surface area contributed by atoms with E-state index in [4.69, 9.17) is 10.3 Å². The molecule has 0 radical (unpaired) electrons. The van der Waals surface area contributed by atoms with Crippen LogP contribution in [0.1, 0.15) is 18.2 Å². The first kappa shape index (κ1) is 12.6. The summed E-state index contributed by atoms with van der Waals surface area (Å²) < 4.78 is 5.36. The third-order valence-corrected chi connectivity index (χ3v) is 2.83. The Morgan fingerprint density at radius 3 is 2.89 bits per heavy atom. The summed E-state index contributed by atoms with van der Waals surface area (Å²) in [6.07, 6.45) is 3.42. The number of rotatable bonds is 6. The van der Waals surface area contributed by atoms with Crippen LogP contribution in [0.25, 0.3) is 0 Å². The van der Waals surface area contributed by atoms with E-state index < -0.39 is 0 Å². The van der Waals surface area contributed by atoms with Crippen LogP contribution in [-0.2, 0) is 13.1 Å². The fraction of sp³-hybridized carbons (Fsp3) is 0.308. The number of furan rings is 1. The van der Waals surface area contributed by atoms with Gasteiger partial charge in [-0.15, -0.1) is 0 Å². The minimum absolute atomic E-state index is 0.718. The predicted octanol–water partition coefficient (Wildman–Crippen LogP) is 1.98. The molecule has 2 aromatic rings. The molecule has 18 heavy (non-hydrogen) atoms. The summed E-state index contributed by atoms with van der Waals surface area (Å²) in [5.74, 6) is 7.13. The number of hydrogen-bond donors (Lipinski definition) is 2. The zero-order chi connectivity index (χ0) is 12.8. The highest BCUT2D eigenvalue weighted by Crippen LogP contribution is 2.15. The summed E-state index contributed by atoms with van der Waals surface area (Å²) >= 11 is 0. The van der Waals surface area contributed by atoms with Crippen LogP contribution in [0.15, 0.2) is 41.1 Å². The molecule has 0 saturated heterocycles. The summed E-state index contributed by atoms with van der Waals surface area (Å²) in [7, 11) is 0. The maximum atomic E-state index is 5.45. The van der Waals surface area contributed by atoms with Gasteiger partial charge in [-0.05, 0) is 24.7 Å². The molecule has 2 aromatic heterocycles. The number of aromatic nitrogens is 1. The van der Waals surface area contributed by atoms with Gasteiger partial charge in [0, 0.05) is 18.3 Å². The molecule has 0 unspecified atom stereocenters. The van der Waals surface area contributed by atoms with Gasteiger partial charge in [-0.3, -0.25) is 4.90 Å². The predicted molar refractivity (Wildman–Crippen MR) is 70.5 cm³/mol. The van der Waals surface area contributed by atoms with Gasteiger partial charge in [-0.1, -0.05) is 13.0 Å². The number of hydrazine groups is 1. The lowest BCUT2D eigenvalue weighted by Crippen LogP contribution is -2.23. The second-order valence-corrected chi connectivity index (χ2v) is 4.04. The standard InChI is InChI=1S/C13H18N4O/c1-2-17(10-12-6-4-8-18-12)9-11-5-3-7-15-13(11)16-14/h3-8H,2,9-10,14H2,1H3,(H,15,16). The number of hydrogen-bond acceptors (Lipinski definition) is 5. The topological polar surface area (TPSA) is 67.3 Å². The van der Waals surface area contributed by atoms with Gasteiger partial charge in [0.25, 0.3) is 0 Å². The lowest BCUT2D eigenvalue weighted by atomic mass is 10.2. The second kappa shape index (κ2) is 6.18. The van der Waals surface area contributed by atoms with Crippen molar-refractivity contribution in [2.45, 2.75) is 20.0 Å². The molecule has 2 heterocycles. The monoisotopic (exact) mass is 246 g/mol. The Labute approximate surface area is 107 Å². The number of nitrogens with zero attached hydrogens (tertiary/aromatic N) is 2. The van der Waals surface area contributed by atoms with E-state index in [0.717, 1.165) is 36.8 Å². The van der Waals surface area contributed by atoms with Gasteiger partial charge in [-0.25, -0.2) is 10.8 Å². The molecular weight excluding hydrogens is 228 g/mol. The van der Waals surface area contributed by atoms with E-state index in [1.165, 1.54) is 0 Å². The molecule has 0 aliphatic carbocycles. The average Bonchev–Trinajstić information content (AvgIpc) is 2.91. The van der Waals surface area contributed by atoms with E-state index >= 15 is 0 Å². The minimum atomic E-state index is 0.718. The van der Waals surface area contributed by atoms with Gasteiger partial charge < -0.3 is 9.84 Å². The average molecular weight is 246 g/mol. The lowest BCUT2D eigenvalue weighted by molar-refractivity contribution is 0.248. The molecule has 5 heteroatoms. The normalized spacial score (nSPS) is 10.8. The zero-order valence-electron chi connectivity index (χ0n) is 10.5. The van der Waals surface area contributed by atoms with Crippen molar-refractivity contribution in [1.82, 2.24) is 9.88 Å². The lowest BCUT2D eigenvalue weighted by Gasteiger charge is -2.20. The minimum Gasteiger partial charge on any atom is -0.468 e. The molecule has 96 valence electrons. The molecular formula is C13H18N4O. The van der Waals surface area contributed by atoms with E-state index in [1.54, 1.807) is 12.5 Å². The van der Waals surface area contributed by atoms with Crippen molar-refractivity contribution >= 4 is 5.82 Å².